The SMILES string of the molecule is CCCCS(=O)(=O)N1CCC(COCc2ccc(F)cc2)CC1. The predicted molar refractivity (Wildman–Crippen MR) is 89.0 cm³/mol. The van der Waals surface area contributed by atoms with E-state index in [1.54, 1.807) is 16.4 Å². The molecule has 130 valence electrons. The van der Waals surface area contributed by atoms with Crippen LogP contribution in [0.15, 0.2) is 24.3 Å². The smallest absolute Gasteiger partial charge is 0.214 e. The fraction of sp³-hybridized carbons (Fsp3) is 0.647. The second kappa shape index (κ2) is 8.76. The van der Waals surface area contributed by atoms with E-state index in [-0.39, 0.29) is 11.6 Å². The van der Waals surface area contributed by atoms with Crippen LogP contribution in [0.3, 0.4) is 0 Å². The van der Waals surface area contributed by atoms with E-state index < -0.39 is 10.0 Å². The van der Waals surface area contributed by atoms with E-state index in [1.165, 1.54) is 12.1 Å². The van der Waals surface area contributed by atoms with E-state index in [0.717, 1.165) is 31.2 Å². The van der Waals surface area contributed by atoms with Crippen LogP contribution in [0.2, 0.25) is 0 Å². The molecule has 0 spiro atoms. The lowest BCUT2D eigenvalue weighted by molar-refractivity contribution is 0.0687. The van der Waals surface area contributed by atoms with Gasteiger partial charge in [-0.25, -0.2) is 17.1 Å². The first-order chi connectivity index (χ1) is 11.0. The normalized spacial score (nSPS) is 17.5. The molecule has 2 rings (SSSR count). The maximum absolute atomic E-state index is 12.8. The monoisotopic (exact) mass is 343 g/mol. The molecule has 0 atom stereocenters. The standard InChI is InChI=1S/C17H26FNO3S/c1-2-3-12-23(20,21)19-10-8-16(9-11-19)14-22-13-15-4-6-17(18)7-5-15/h4-7,16H,2-3,8-14H2,1H3. The van der Waals surface area contributed by atoms with Crippen molar-refractivity contribution in [1.82, 2.24) is 4.31 Å². The van der Waals surface area contributed by atoms with Crippen LogP contribution in [0.1, 0.15) is 38.2 Å². The molecule has 23 heavy (non-hydrogen) atoms. The summed E-state index contributed by atoms with van der Waals surface area (Å²) in [5.41, 5.74) is 0.950. The number of piperidine rings is 1. The van der Waals surface area contributed by atoms with Crippen molar-refractivity contribution < 1.29 is 17.5 Å². The van der Waals surface area contributed by atoms with E-state index >= 15 is 0 Å². The Labute approximate surface area is 138 Å². The molecule has 4 nitrogen and oxygen atoms in total. The lowest BCUT2D eigenvalue weighted by Gasteiger charge is -2.31. The Bertz CT molecular complexity index is 566. The summed E-state index contributed by atoms with van der Waals surface area (Å²) in [6.45, 7) is 4.28. The minimum absolute atomic E-state index is 0.245. The Morgan fingerprint density at radius 1 is 1.22 bits per heavy atom. The first-order valence-corrected chi connectivity index (χ1v) is 9.92. The number of unbranched alkanes of at least 4 members (excludes halogenated alkanes) is 1. The Hall–Kier alpha value is -0.980. The number of hydrogen-bond donors (Lipinski definition) is 0. The van der Waals surface area contributed by atoms with Crippen LogP contribution in [0, 0.1) is 11.7 Å². The van der Waals surface area contributed by atoms with Crippen molar-refractivity contribution in [2.75, 3.05) is 25.4 Å². The number of hydrogen-bond acceptors (Lipinski definition) is 3. The number of benzene rings is 1. The van der Waals surface area contributed by atoms with Crippen molar-refractivity contribution in [2.45, 2.75) is 39.2 Å². The third-order valence-corrected chi connectivity index (χ3v) is 6.21. The summed E-state index contributed by atoms with van der Waals surface area (Å²) in [5, 5.41) is 0. The van der Waals surface area contributed by atoms with Gasteiger partial charge in [-0.3, -0.25) is 0 Å². The van der Waals surface area contributed by atoms with Crippen LogP contribution < -0.4 is 0 Å². The number of halogens is 1. The largest absolute Gasteiger partial charge is 0.376 e. The first-order valence-electron chi connectivity index (χ1n) is 8.31. The van der Waals surface area contributed by atoms with E-state index in [1.807, 2.05) is 6.92 Å². The molecule has 1 aliphatic heterocycles. The quantitative estimate of drug-likeness (QED) is 0.728. The maximum atomic E-state index is 12.8. The van der Waals surface area contributed by atoms with Crippen molar-refractivity contribution in [3.05, 3.63) is 35.6 Å². The van der Waals surface area contributed by atoms with Crippen LogP contribution in [-0.2, 0) is 21.4 Å². The summed E-state index contributed by atoms with van der Waals surface area (Å²) >= 11 is 0. The molecule has 1 aromatic carbocycles. The highest BCUT2D eigenvalue weighted by Gasteiger charge is 2.27. The van der Waals surface area contributed by atoms with Crippen molar-refractivity contribution in [2.24, 2.45) is 5.92 Å². The van der Waals surface area contributed by atoms with Gasteiger partial charge in [0.2, 0.25) is 10.0 Å². The first kappa shape index (κ1) is 18.4. The molecule has 1 aliphatic rings. The zero-order chi connectivity index (χ0) is 16.7. The molecule has 0 bridgehead atoms. The summed E-state index contributed by atoms with van der Waals surface area (Å²) in [6.07, 6.45) is 3.31. The van der Waals surface area contributed by atoms with Crippen LogP contribution in [-0.4, -0.2) is 38.2 Å². The number of sulfonamides is 1. The van der Waals surface area contributed by atoms with Crippen molar-refractivity contribution >= 4 is 10.0 Å². The average molecular weight is 343 g/mol. The molecule has 6 heteroatoms. The summed E-state index contributed by atoms with van der Waals surface area (Å²) in [5.74, 6) is 0.411. The lowest BCUT2D eigenvalue weighted by Crippen LogP contribution is -2.40. The third-order valence-electron chi connectivity index (χ3n) is 4.26. The zero-order valence-corrected chi connectivity index (χ0v) is 14.5. The Balaban J connectivity index is 1.69. The van der Waals surface area contributed by atoms with Gasteiger partial charge < -0.3 is 4.74 Å². The maximum Gasteiger partial charge on any atom is 0.214 e. The van der Waals surface area contributed by atoms with Crippen LogP contribution in [0.5, 0.6) is 0 Å². The molecule has 0 amide bonds. The number of nitrogens with zero attached hydrogens (tertiary/aromatic N) is 1. The van der Waals surface area contributed by atoms with E-state index in [0.29, 0.717) is 32.2 Å². The minimum Gasteiger partial charge on any atom is -0.376 e. The molecule has 1 saturated heterocycles. The summed E-state index contributed by atoms with van der Waals surface area (Å²) in [6, 6.07) is 6.30. The summed E-state index contributed by atoms with van der Waals surface area (Å²) in [7, 11) is -3.08. The fourth-order valence-electron chi connectivity index (χ4n) is 2.73. The lowest BCUT2D eigenvalue weighted by atomic mass is 9.99. The van der Waals surface area contributed by atoms with Gasteiger partial charge in [0.05, 0.1) is 12.4 Å². The van der Waals surface area contributed by atoms with E-state index in [9.17, 15) is 12.8 Å². The Morgan fingerprint density at radius 2 is 1.87 bits per heavy atom. The van der Waals surface area contributed by atoms with Gasteiger partial charge >= 0.3 is 0 Å². The third kappa shape index (κ3) is 5.86. The predicted octanol–water partition coefficient (Wildman–Crippen LogP) is 3.18. The van der Waals surface area contributed by atoms with Crippen LogP contribution in [0.25, 0.3) is 0 Å². The number of ether oxygens (including phenoxy) is 1. The summed E-state index contributed by atoms with van der Waals surface area (Å²) in [4.78, 5) is 0. The molecule has 1 fully saturated rings. The van der Waals surface area contributed by atoms with E-state index in [2.05, 4.69) is 0 Å². The van der Waals surface area contributed by atoms with Gasteiger partial charge in [0.1, 0.15) is 5.82 Å². The minimum atomic E-state index is -3.08. The van der Waals surface area contributed by atoms with Gasteiger partial charge in [0, 0.05) is 19.7 Å². The van der Waals surface area contributed by atoms with Gasteiger partial charge in [-0.2, -0.15) is 0 Å². The second-order valence-corrected chi connectivity index (χ2v) is 8.24. The second-order valence-electron chi connectivity index (χ2n) is 6.15. The highest BCUT2D eigenvalue weighted by atomic mass is 32.2. The summed E-state index contributed by atoms with van der Waals surface area (Å²) < 4.78 is 44.4. The Kier molecular flexibility index (Phi) is 6.99. The van der Waals surface area contributed by atoms with Gasteiger partial charge in [0.25, 0.3) is 0 Å². The van der Waals surface area contributed by atoms with Crippen molar-refractivity contribution in [3.63, 3.8) is 0 Å². The molecule has 1 aromatic rings. The molecule has 0 aliphatic carbocycles. The average Bonchev–Trinajstić information content (AvgIpc) is 2.55. The zero-order valence-electron chi connectivity index (χ0n) is 13.7. The molecule has 0 aromatic heterocycles. The van der Waals surface area contributed by atoms with Gasteiger partial charge in [-0.1, -0.05) is 25.5 Å². The fourth-order valence-corrected chi connectivity index (χ4v) is 4.41. The molecule has 0 N–H and O–H groups in total. The highest BCUT2D eigenvalue weighted by Crippen LogP contribution is 2.21. The van der Waals surface area contributed by atoms with Crippen molar-refractivity contribution in [3.8, 4) is 0 Å². The van der Waals surface area contributed by atoms with Gasteiger partial charge in [-0.15, -0.1) is 0 Å². The molecule has 1 heterocycles. The number of rotatable bonds is 8. The molecular weight excluding hydrogens is 317 g/mol. The van der Waals surface area contributed by atoms with E-state index in [4.69, 9.17) is 4.74 Å². The van der Waals surface area contributed by atoms with Gasteiger partial charge in [0.15, 0.2) is 0 Å². The molecule has 0 radical (unpaired) electrons. The van der Waals surface area contributed by atoms with Crippen LogP contribution >= 0.6 is 0 Å². The topological polar surface area (TPSA) is 46.6 Å². The molecular formula is C17H26FNO3S. The highest BCUT2D eigenvalue weighted by molar-refractivity contribution is 7.89. The van der Waals surface area contributed by atoms with Crippen molar-refractivity contribution in [1.29, 1.82) is 0 Å². The molecule has 0 unspecified atom stereocenters. The molecule has 0 saturated carbocycles. The van der Waals surface area contributed by atoms with Crippen LogP contribution in [0.4, 0.5) is 4.39 Å². The Morgan fingerprint density at radius 3 is 2.48 bits per heavy atom. The van der Waals surface area contributed by atoms with Gasteiger partial charge in [-0.05, 0) is 42.9 Å².